The summed E-state index contributed by atoms with van der Waals surface area (Å²) in [7, 11) is -3.57. The number of hydrogen-bond acceptors (Lipinski definition) is 4. The number of amides is 1. The van der Waals surface area contributed by atoms with Crippen molar-refractivity contribution in [2.45, 2.75) is 4.90 Å². The quantitative estimate of drug-likeness (QED) is 0.898. The Hall–Kier alpha value is -1.86. The molecule has 1 N–H and O–H groups in total. The highest BCUT2D eigenvalue weighted by molar-refractivity contribution is 9.10. The Morgan fingerprint density at radius 3 is 2.29 bits per heavy atom. The normalized spacial score (nSPS) is 10.9. The van der Waals surface area contributed by atoms with E-state index in [4.69, 9.17) is 4.74 Å². The maximum Gasteiger partial charge on any atom is 0.413 e. The number of carbonyl (C=O) groups excluding carboxylic acids is 1. The standard InChI is InChI=1S/C14H12BrNO4S/c15-11-6-8-12(9-7-11)20-14(17)16-10-21(18,19)13-4-2-1-3-5-13/h1-9H,10H2,(H,16,17). The first kappa shape index (κ1) is 15.5. The van der Waals surface area contributed by atoms with Gasteiger partial charge in [0.25, 0.3) is 0 Å². The fourth-order valence-corrected chi connectivity index (χ4v) is 2.82. The number of halogens is 1. The van der Waals surface area contributed by atoms with Crippen molar-refractivity contribution in [1.82, 2.24) is 5.32 Å². The van der Waals surface area contributed by atoms with Crippen LogP contribution in [0.3, 0.4) is 0 Å². The van der Waals surface area contributed by atoms with E-state index in [1.807, 2.05) is 0 Å². The Morgan fingerprint density at radius 2 is 1.67 bits per heavy atom. The summed E-state index contributed by atoms with van der Waals surface area (Å²) >= 11 is 3.26. The van der Waals surface area contributed by atoms with Crippen LogP contribution in [0.4, 0.5) is 4.79 Å². The molecule has 0 aliphatic rings. The van der Waals surface area contributed by atoms with E-state index in [1.54, 1.807) is 42.5 Å². The Bertz CT molecular complexity index is 714. The number of sulfone groups is 1. The predicted molar refractivity (Wildman–Crippen MR) is 81.8 cm³/mol. The van der Waals surface area contributed by atoms with Crippen LogP contribution in [0, 0.1) is 0 Å². The largest absolute Gasteiger partial charge is 0.413 e. The van der Waals surface area contributed by atoms with Crippen molar-refractivity contribution in [2.24, 2.45) is 0 Å². The molecular weight excluding hydrogens is 358 g/mol. The molecule has 0 bridgehead atoms. The van der Waals surface area contributed by atoms with Gasteiger partial charge in [0.05, 0.1) is 4.90 Å². The Labute approximate surface area is 131 Å². The van der Waals surface area contributed by atoms with Crippen molar-refractivity contribution in [3.63, 3.8) is 0 Å². The van der Waals surface area contributed by atoms with Crippen LogP contribution < -0.4 is 10.1 Å². The number of hydrogen-bond donors (Lipinski definition) is 1. The molecule has 1 amide bonds. The fourth-order valence-electron chi connectivity index (χ4n) is 1.51. The molecule has 0 aromatic heterocycles. The van der Waals surface area contributed by atoms with Gasteiger partial charge in [0, 0.05) is 4.47 Å². The third-order valence-corrected chi connectivity index (χ3v) is 4.58. The van der Waals surface area contributed by atoms with E-state index < -0.39 is 21.8 Å². The first-order chi connectivity index (χ1) is 9.97. The predicted octanol–water partition coefficient (Wildman–Crippen LogP) is 2.97. The van der Waals surface area contributed by atoms with Crippen LogP contribution in [-0.4, -0.2) is 20.4 Å². The lowest BCUT2D eigenvalue weighted by Crippen LogP contribution is -2.32. The highest BCUT2D eigenvalue weighted by atomic mass is 79.9. The molecule has 0 saturated heterocycles. The van der Waals surface area contributed by atoms with Gasteiger partial charge in [-0.25, -0.2) is 13.2 Å². The second-order valence-corrected chi connectivity index (χ2v) is 7.00. The minimum absolute atomic E-state index is 0.147. The zero-order valence-electron chi connectivity index (χ0n) is 10.8. The average molecular weight is 370 g/mol. The molecule has 0 heterocycles. The number of carbonyl (C=O) groups is 1. The molecule has 7 heteroatoms. The van der Waals surface area contributed by atoms with Crippen molar-refractivity contribution in [2.75, 3.05) is 5.88 Å². The van der Waals surface area contributed by atoms with Crippen molar-refractivity contribution in [3.8, 4) is 5.75 Å². The van der Waals surface area contributed by atoms with E-state index >= 15 is 0 Å². The topological polar surface area (TPSA) is 72.5 Å². The monoisotopic (exact) mass is 369 g/mol. The molecule has 0 fully saturated rings. The summed E-state index contributed by atoms with van der Waals surface area (Å²) in [6, 6.07) is 14.5. The molecule has 0 aliphatic carbocycles. The second kappa shape index (κ2) is 6.73. The van der Waals surface area contributed by atoms with E-state index in [0.717, 1.165) is 4.47 Å². The molecule has 110 valence electrons. The Kier molecular flexibility index (Phi) is 4.98. The lowest BCUT2D eigenvalue weighted by Gasteiger charge is -2.07. The van der Waals surface area contributed by atoms with Gasteiger partial charge in [0.1, 0.15) is 11.6 Å². The maximum absolute atomic E-state index is 12.0. The Balaban J connectivity index is 1.93. The van der Waals surface area contributed by atoms with E-state index in [-0.39, 0.29) is 4.90 Å². The summed E-state index contributed by atoms with van der Waals surface area (Å²) in [6.45, 7) is 0. The van der Waals surface area contributed by atoms with Crippen molar-refractivity contribution in [3.05, 3.63) is 59.1 Å². The molecule has 0 atom stereocenters. The summed E-state index contributed by atoms with van der Waals surface area (Å²) in [4.78, 5) is 11.7. The van der Waals surface area contributed by atoms with Crippen LogP contribution in [0.15, 0.2) is 64.0 Å². The molecule has 0 spiro atoms. The molecule has 2 aromatic carbocycles. The molecule has 0 radical (unpaired) electrons. The lowest BCUT2D eigenvalue weighted by atomic mass is 10.3. The summed E-state index contributed by atoms with van der Waals surface area (Å²) in [5, 5.41) is 2.22. The zero-order chi connectivity index (χ0) is 15.3. The molecule has 0 aliphatic heterocycles. The van der Waals surface area contributed by atoms with Gasteiger partial charge in [-0.15, -0.1) is 0 Å². The number of ether oxygens (including phenoxy) is 1. The van der Waals surface area contributed by atoms with Crippen LogP contribution in [0.1, 0.15) is 0 Å². The second-order valence-electron chi connectivity index (χ2n) is 4.09. The fraction of sp³-hybridized carbons (Fsp3) is 0.0714. The van der Waals surface area contributed by atoms with Gasteiger partial charge in [-0.2, -0.15) is 0 Å². The third-order valence-electron chi connectivity index (χ3n) is 2.53. The van der Waals surface area contributed by atoms with Crippen LogP contribution in [0.2, 0.25) is 0 Å². The van der Waals surface area contributed by atoms with Gasteiger partial charge in [-0.3, -0.25) is 0 Å². The summed E-state index contributed by atoms with van der Waals surface area (Å²) in [5.41, 5.74) is 0. The first-order valence-electron chi connectivity index (χ1n) is 5.96. The van der Waals surface area contributed by atoms with E-state index in [9.17, 15) is 13.2 Å². The summed E-state index contributed by atoms with van der Waals surface area (Å²) < 4.78 is 29.7. The number of rotatable bonds is 4. The van der Waals surface area contributed by atoms with Crippen LogP contribution >= 0.6 is 15.9 Å². The minimum Gasteiger partial charge on any atom is -0.410 e. The molecule has 21 heavy (non-hydrogen) atoms. The number of benzene rings is 2. The minimum atomic E-state index is -3.57. The summed E-state index contributed by atoms with van der Waals surface area (Å²) in [6.07, 6.45) is -0.822. The van der Waals surface area contributed by atoms with Crippen molar-refractivity contribution >= 4 is 31.9 Å². The molecule has 0 saturated carbocycles. The molecular formula is C14H12BrNO4S. The maximum atomic E-state index is 12.0. The molecule has 5 nitrogen and oxygen atoms in total. The zero-order valence-corrected chi connectivity index (χ0v) is 13.2. The molecule has 0 unspecified atom stereocenters. The van der Waals surface area contributed by atoms with Crippen LogP contribution in [-0.2, 0) is 9.84 Å². The van der Waals surface area contributed by atoms with Crippen molar-refractivity contribution < 1.29 is 17.9 Å². The SMILES string of the molecule is O=C(NCS(=O)(=O)c1ccccc1)Oc1ccc(Br)cc1. The lowest BCUT2D eigenvalue weighted by molar-refractivity contribution is 0.202. The smallest absolute Gasteiger partial charge is 0.410 e. The van der Waals surface area contributed by atoms with Crippen LogP contribution in [0.25, 0.3) is 0 Å². The highest BCUT2D eigenvalue weighted by Gasteiger charge is 2.15. The molecule has 2 aromatic rings. The Morgan fingerprint density at radius 1 is 1.05 bits per heavy atom. The van der Waals surface area contributed by atoms with Gasteiger partial charge < -0.3 is 10.1 Å². The van der Waals surface area contributed by atoms with E-state index in [1.165, 1.54) is 12.1 Å². The van der Waals surface area contributed by atoms with E-state index in [2.05, 4.69) is 21.2 Å². The van der Waals surface area contributed by atoms with Crippen molar-refractivity contribution in [1.29, 1.82) is 0 Å². The third kappa shape index (κ3) is 4.57. The van der Waals surface area contributed by atoms with Gasteiger partial charge >= 0.3 is 6.09 Å². The number of nitrogens with one attached hydrogen (secondary N) is 1. The van der Waals surface area contributed by atoms with Gasteiger partial charge in [-0.05, 0) is 36.4 Å². The highest BCUT2D eigenvalue weighted by Crippen LogP contribution is 2.16. The molecule has 2 rings (SSSR count). The van der Waals surface area contributed by atoms with E-state index in [0.29, 0.717) is 5.75 Å². The van der Waals surface area contributed by atoms with Gasteiger partial charge in [0.15, 0.2) is 9.84 Å². The van der Waals surface area contributed by atoms with Crippen LogP contribution in [0.5, 0.6) is 5.75 Å². The van der Waals surface area contributed by atoms with Gasteiger partial charge in [0.2, 0.25) is 0 Å². The summed E-state index contributed by atoms with van der Waals surface area (Å²) in [5.74, 6) is -0.195. The average Bonchev–Trinajstić information content (AvgIpc) is 2.49. The first-order valence-corrected chi connectivity index (χ1v) is 8.41. The van der Waals surface area contributed by atoms with Gasteiger partial charge in [-0.1, -0.05) is 34.1 Å².